The zero-order chi connectivity index (χ0) is 18.3. The van der Waals surface area contributed by atoms with E-state index >= 15 is 0 Å². The normalized spacial score (nSPS) is 11.5. The monoisotopic (exact) mass is 369 g/mol. The Kier molecular flexibility index (Phi) is 8.48. The number of rotatable bonds is 6. The van der Waals surface area contributed by atoms with Gasteiger partial charge in [0.1, 0.15) is 0 Å². The zero-order valence-electron chi connectivity index (χ0n) is 13.2. The first-order valence-electron chi connectivity index (χ1n) is 6.61. The molecule has 0 unspecified atom stereocenters. The van der Waals surface area contributed by atoms with E-state index in [0.29, 0.717) is 13.0 Å². The summed E-state index contributed by atoms with van der Waals surface area (Å²) in [7, 11) is -7.81. The van der Waals surface area contributed by atoms with Crippen LogP contribution in [0.1, 0.15) is 18.1 Å². The predicted octanol–water partition coefficient (Wildman–Crippen LogP) is 0.448. The first-order chi connectivity index (χ1) is 10.3. The van der Waals surface area contributed by atoms with Crippen molar-refractivity contribution in [3.05, 3.63) is 23.3 Å². The summed E-state index contributed by atoms with van der Waals surface area (Å²) < 4.78 is 56.1. The molecular formula is C12H23N3O6S2. The van der Waals surface area contributed by atoms with E-state index in [0.717, 1.165) is 35.3 Å². The van der Waals surface area contributed by atoms with Gasteiger partial charge < -0.3 is 11.1 Å². The average molecular weight is 369 g/mol. The van der Waals surface area contributed by atoms with Crippen molar-refractivity contribution in [2.75, 3.05) is 30.4 Å². The summed E-state index contributed by atoms with van der Waals surface area (Å²) in [5.74, 6) is 0. The number of hydrogen-bond acceptors (Lipinski definition) is 6. The molecule has 0 fully saturated rings. The second-order valence-corrected chi connectivity index (χ2v) is 7.43. The third-order valence-corrected chi connectivity index (χ3v) is 3.48. The Bertz CT molecular complexity index is 709. The summed E-state index contributed by atoms with van der Waals surface area (Å²) in [6.07, 6.45) is 1.77. The molecule has 0 saturated carbocycles. The number of anilines is 2. The number of nitrogens with one attached hydrogen (secondary N) is 2. The van der Waals surface area contributed by atoms with Crippen LogP contribution >= 0.6 is 0 Å². The molecule has 0 aromatic heterocycles. The van der Waals surface area contributed by atoms with E-state index < -0.39 is 20.4 Å². The summed E-state index contributed by atoms with van der Waals surface area (Å²) in [4.78, 5) is 0. The lowest BCUT2D eigenvalue weighted by Crippen LogP contribution is -2.24. The van der Waals surface area contributed by atoms with Crippen molar-refractivity contribution >= 4 is 31.8 Å². The molecule has 0 radical (unpaired) electrons. The molecule has 1 rings (SSSR count). The maximum Gasteiger partial charge on any atom is 0.394 e. The van der Waals surface area contributed by atoms with Crippen LogP contribution in [0.15, 0.2) is 12.1 Å². The smallest absolute Gasteiger partial charge is 0.394 e. The fourth-order valence-electron chi connectivity index (χ4n) is 1.81. The molecule has 134 valence electrons. The lowest BCUT2D eigenvalue weighted by Gasteiger charge is -2.15. The van der Waals surface area contributed by atoms with Crippen LogP contribution in [0.5, 0.6) is 0 Å². The molecule has 9 nitrogen and oxygen atoms in total. The van der Waals surface area contributed by atoms with Crippen LogP contribution < -0.4 is 15.8 Å². The standard InChI is InChI=1S/C12H21N3O2S.H2O4S/c1-4-14-12-6-5-11(13)9(2)10(12)7-8-15-18(3,16)17;1-5(2,3)4/h5-6,14-15H,4,7-8,13H2,1-3H3;(H2,1,2,3,4). The molecule has 11 heteroatoms. The molecule has 23 heavy (non-hydrogen) atoms. The average Bonchev–Trinajstić information content (AvgIpc) is 2.34. The molecule has 0 saturated heterocycles. The number of sulfonamides is 1. The SMILES string of the molecule is CCNc1ccc(N)c(C)c1CCNS(C)(=O)=O.O=S(=O)(O)O. The van der Waals surface area contributed by atoms with Crippen molar-refractivity contribution in [1.29, 1.82) is 0 Å². The van der Waals surface area contributed by atoms with Crippen LogP contribution in [-0.2, 0) is 26.8 Å². The summed E-state index contributed by atoms with van der Waals surface area (Å²) in [6.45, 7) is 5.16. The van der Waals surface area contributed by atoms with Crippen molar-refractivity contribution in [1.82, 2.24) is 4.72 Å². The van der Waals surface area contributed by atoms with Gasteiger partial charge in [-0.1, -0.05) is 0 Å². The van der Waals surface area contributed by atoms with Crippen LogP contribution in [0.2, 0.25) is 0 Å². The zero-order valence-corrected chi connectivity index (χ0v) is 14.8. The van der Waals surface area contributed by atoms with Gasteiger partial charge in [-0.25, -0.2) is 13.1 Å². The molecular weight excluding hydrogens is 346 g/mol. The van der Waals surface area contributed by atoms with E-state index in [-0.39, 0.29) is 0 Å². The number of nitrogens with two attached hydrogens (primary N) is 1. The lowest BCUT2D eigenvalue weighted by atomic mass is 10.0. The summed E-state index contributed by atoms with van der Waals surface area (Å²) >= 11 is 0. The van der Waals surface area contributed by atoms with E-state index in [1.807, 2.05) is 26.0 Å². The summed E-state index contributed by atoms with van der Waals surface area (Å²) in [5, 5.41) is 3.26. The molecule has 6 N–H and O–H groups in total. The van der Waals surface area contributed by atoms with Gasteiger partial charge >= 0.3 is 10.4 Å². The summed E-state index contributed by atoms with van der Waals surface area (Å²) in [6, 6.07) is 3.79. The van der Waals surface area contributed by atoms with Crippen LogP contribution in [0.25, 0.3) is 0 Å². The molecule has 0 aliphatic heterocycles. The predicted molar refractivity (Wildman–Crippen MR) is 90.5 cm³/mol. The van der Waals surface area contributed by atoms with Crippen molar-refractivity contribution < 1.29 is 25.9 Å². The Balaban J connectivity index is 0.000000841. The topological polar surface area (TPSA) is 159 Å². The lowest BCUT2D eigenvalue weighted by molar-refractivity contribution is 0.381. The third-order valence-electron chi connectivity index (χ3n) is 2.75. The fourth-order valence-corrected chi connectivity index (χ4v) is 2.29. The van der Waals surface area contributed by atoms with E-state index in [1.54, 1.807) is 0 Å². The molecule has 1 aromatic carbocycles. The minimum absolute atomic E-state index is 0.377. The highest BCUT2D eigenvalue weighted by atomic mass is 32.3. The quantitative estimate of drug-likeness (QED) is 0.357. The molecule has 0 bridgehead atoms. The van der Waals surface area contributed by atoms with Gasteiger partial charge in [-0.05, 0) is 43.5 Å². The number of benzene rings is 1. The van der Waals surface area contributed by atoms with Gasteiger partial charge in [-0.3, -0.25) is 9.11 Å². The van der Waals surface area contributed by atoms with Gasteiger partial charge in [0, 0.05) is 24.5 Å². The highest BCUT2D eigenvalue weighted by molar-refractivity contribution is 7.88. The molecule has 0 amide bonds. The Hall–Kier alpha value is -1.40. The van der Waals surface area contributed by atoms with Crippen LogP contribution in [0, 0.1) is 6.92 Å². The Labute approximate surface area is 136 Å². The van der Waals surface area contributed by atoms with Crippen molar-refractivity contribution in [2.24, 2.45) is 0 Å². The van der Waals surface area contributed by atoms with Crippen LogP contribution in [0.4, 0.5) is 11.4 Å². The van der Waals surface area contributed by atoms with Gasteiger partial charge in [0.25, 0.3) is 0 Å². The minimum Gasteiger partial charge on any atom is -0.399 e. The Morgan fingerprint density at radius 1 is 1.17 bits per heavy atom. The second kappa shape index (κ2) is 9.03. The van der Waals surface area contributed by atoms with E-state index in [2.05, 4.69) is 10.0 Å². The molecule has 0 aliphatic carbocycles. The van der Waals surface area contributed by atoms with E-state index in [1.165, 1.54) is 0 Å². The molecule has 0 heterocycles. The Morgan fingerprint density at radius 2 is 1.70 bits per heavy atom. The van der Waals surface area contributed by atoms with Crippen LogP contribution in [0.3, 0.4) is 0 Å². The highest BCUT2D eigenvalue weighted by Gasteiger charge is 2.09. The highest BCUT2D eigenvalue weighted by Crippen LogP contribution is 2.25. The van der Waals surface area contributed by atoms with E-state index in [4.69, 9.17) is 23.3 Å². The van der Waals surface area contributed by atoms with Crippen LogP contribution in [-0.4, -0.2) is 45.3 Å². The van der Waals surface area contributed by atoms with Crippen molar-refractivity contribution in [3.8, 4) is 0 Å². The van der Waals surface area contributed by atoms with Gasteiger partial charge in [0.05, 0.1) is 6.26 Å². The minimum atomic E-state index is -4.67. The largest absolute Gasteiger partial charge is 0.399 e. The maximum atomic E-state index is 11.0. The van der Waals surface area contributed by atoms with Gasteiger partial charge in [-0.15, -0.1) is 0 Å². The van der Waals surface area contributed by atoms with E-state index in [9.17, 15) is 8.42 Å². The van der Waals surface area contributed by atoms with Gasteiger partial charge in [0.2, 0.25) is 10.0 Å². The van der Waals surface area contributed by atoms with Gasteiger partial charge in [-0.2, -0.15) is 8.42 Å². The Morgan fingerprint density at radius 3 is 2.13 bits per heavy atom. The van der Waals surface area contributed by atoms with Gasteiger partial charge in [0.15, 0.2) is 0 Å². The molecule has 0 atom stereocenters. The first kappa shape index (κ1) is 21.6. The number of hydrogen-bond donors (Lipinski definition) is 5. The maximum absolute atomic E-state index is 11.0. The third kappa shape index (κ3) is 10.9. The fraction of sp³-hybridized carbons (Fsp3) is 0.500. The van der Waals surface area contributed by atoms with Crippen molar-refractivity contribution in [2.45, 2.75) is 20.3 Å². The molecule has 0 aliphatic rings. The first-order valence-corrected chi connectivity index (χ1v) is 9.90. The molecule has 0 spiro atoms. The molecule has 1 aromatic rings. The second-order valence-electron chi connectivity index (χ2n) is 4.70. The van der Waals surface area contributed by atoms with Crippen molar-refractivity contribution in [3.63, 3.8) is 0 Å². The number of nitrogen functional groups attached to an aromatic ring is 1. The summed E-state index contributed by atoms with van der Waals surface area (Å²) in [5.41, 5.74) is 9.68.